The molecular formula is C28H28N2O4S. The van der Waals surface area contributed by atoms with Gasteiger partial charge < -0.3 is 10.1 Å². The van der Waals surface area contributed by atoms with E-state index in [-0.39, 0.29) is 18.4 Å². The Morgan fingerprint density at radius 3 is 2.46 bits per heavy atom. The van der Waals surface area contributed by atoms with Crippen molar-refractivity contribution in [3.63, 3.8) is 0 Å². The quantitative estimate of drug-likeness (QED) is 0.430. The predicted octanol–water partition coefficient (Wildman–Crippen LogP) is 6.01. The number of nitrogens with zero attached hydrogens (tertiary/aromatic N) is 1. The molecule has 0 saturated carbocycles. The number of benzene rings is 3. The number of amides is 2. The van der Waals surface area contributed by atoms with Crippen molar-refractivity contribution < 1.29 is 19.1 Å². The van der Waals surface area contributed by atoms with Crippen LogP contribution in [0.15, 0.2) is 70.5 Å². The SMILES string of the molecule is CCOC(=O)c1ccc2c(c1)N([C@H](CC)C(=O)Nc1ccc(C)c(C)c1)C(=O)c1ccccc1S2. The first kappa shape index (κ1) is 24.5. The third-order valence-corrected chi connectivity index (χ3v) is 7.20. The Hall–Kier alpha value is -3.58. The van der Waals surface area contributed by atoms with Gasteiger partial charge in [-0.15, -0.1) is 0 Å². The monoisotopic (exact) mass is 488 g/mol. The van der Waals surface area contributed by atoms with Gasteiger partial charge in [0.05, 0.1) is 23.4 Å². The molecule has 35 heavy (non-hydrogen) atoms. The maximum Gasteiger partial charge on any atom is 0.338 e. The highest BCUT2D eigenvalue weighted by atomic mass is 32.2. The smallest absolute Gasteiger partial charge is 0.338 e. The third kappa shape index (κ3) is 4.95. The van der Waals surface area contributed by atoms with Crippen LogP contribution in [-0.2, 0) is 9.53 Å². The van der Waals surface area contributed by atoms with E-state index in [0.717, 1.165) is 20.9 Å². The maximum atomic E-state index is 13.9. The van der Waals surface area contributed by atoms with Gasteiger partial charge in [0.1, 0.15) is 6.04 Å². The van der Waals surface area contributed by atoms with Gasteiger partial charge in [0.25, 0.3) is 5.91 Å². The van der Waals surface area contributed by atoms with Crippen molar-refractivity contribution in [2.45, 2.75) is 49.9 Å². The molecule has 0 saturated heterocycles. The van der Waals surface area contributed by atoms with E-state index in [1.807, 2.05) is 63.2 Å². The summed E-state index contributed by atoms with van der Waals surface area (Å²) in [5, 5.41) is 2.98. The number of hydrogen-bond acceptors (Lipinski definition) is 5. The van der Waals surface area contributed by atoms with Gasteiger partial charge in [0.2, 0.25) is 5.91 Å². The number of esters is 1. The minimum Gasteiger partial charge on any atom is -0.462 e. The van der Waals surface area contributed by atoms with Crippen LogP contribution in [0, 0.1) is 13.8 Å². The molecule has 3 aromatic rings. The summed E-state index contributed by atoms with van der Waals surface area (Å²) in [6, 6.07) is 17.4. The second kappa shape index (κ2) is 10.4. The molecule has 0 bridgehead atoms. The lowest BCUT2D eigenvalue weighted by molar-refractivity contribution is -0.117. The zero-order valence-electron chi connectivity index (χ0n) is 20.3. The van der Waals surface area contributed by atoms with Crippen LogP contribution in [0.5, 0.6) is 0 Å². The van der Waals surface area contributed by atoms with Crippen LogP contribution < -0.4 is 10.2 Å². The van der Waals surface area contributed by atoms with Gasteiger partial charge in [0.15, 0.2) is 0 Å². The molecule has 0 spiro atoms. The highest BCUT2D eigenvalue weighted by Gasteiger charge is 2.36. The van der Waals surface area contributed by atoms with Gasteiger partial charge >= 0.3 is 5.97 Å². The normalized spacial score (nSPS) is 13.4. The minimum atomic E-state index is -0.785. The van der Waals surface area contributed by atoms with E-state index in [0.29, 0.717) is 28.9 Å². The summed E-state index contributed by atoms with van der Waals surface area (Å²) in [5.41, 5.74) is 4.24. The fourth-order valence-electron chi connectivity index (χ4n) is 4.06. The molecule has 1 atom stereocenters. The van der Waals surface area contributed by atoms with Gasteiger partial charge in [-0.05, 0) is 80.8 Å². The summed E-state index contributed by atoms with van der Waals surface area (Å²) in [5.74, 6) is -1.04. The van der Waals surface area contributed by atoms with E-state index in [2.05, 4.69) is 5.32 Å². The molecule has 0 aromatic heterocycles. The lowest BCUT2D eigenvalue weighted by Crippen LogP contribution is -2.47. The summed E-state index contributed by atoms with van der Waals surface area (Å²) in [7, 11) is 0. The first-order valence-corrected chi connectivity index (χ1v) is 12.4. The summed E-state index contributed by atoms with van der Waals surface area (Å²) >= 11 is 1.45. The van der Waals surface area contributed by atoms with E-state index < -0.39 is 12.0 Å². The number of hydrogen-bond donors (Lipinski definition) is 1. The van der Waals surface area contributed by atoms with Crippen molar-refractivity contribution in [1.29, 1.82) is 0 Å². The Balaban J connectivity index is 1.80. The average Bonchev–Trinajstić information content (AvgIpc) is 2.96. The molecule has 0 aliphatic carbocycles. The van der Waals surface area contributed by atoms with Crippen LogP contribution in [0.3, 0.4) is 0 Å². The third-order valence-electron chi connectivity index (χ3n) is 6.06. The number of carbonyl (C=O) groups excluding carboxylic acids is 3. The molecule has 1 aliphatic heterocycles. The number of carbonyl (C=O) groups is 3. The van der Waals surface area contributed by atoms with Gasteiger partial charge in [-0.25, -0.2) is 4.79 Å². The van der Waals surface area contributed by atoms with Crippen LogP contribution in [0.1, 0.15) is 52.1 Å². The molecule has 0 radical (unpaired) electrons. The molecule has 180 valence electrons. The Kier molecular flexibility index (Phi) is 7.26. The van der Waals surface area contributed by atoms with Crippen molar-refractivity contribution in [1.82, 2.24) is 0 Å². The van der Waals surface area contributed by atoms with E-state index in [9.17, 15) is 14.4 Å². The van der Waals surface area contributed by atoms with Crippen LogP contribution in [-0.4, -0.2) is 30.4 Å². The molecule has 7 heteroatoms. The molecule has 1 aliphatic rings. The van der Waals surface area contributed by atoms with Crippen LogP contribution >= 0.6 is 11.8 Å². The van der Waals surface area contributed by atoms with Crippen LogP contribution in [0.25, 0.3) is 0 Å². The standard InChI is InChI=1S/C28H28N2O4S/c1-5-22(26(31)29-20-13-11-17(3)18(4)15-20)30-23-16-19(28(33)34-6-2)12-14-25(23)35-24-10-8-7-9-21(24)27(30)32/h7-16,22H,5-6H2,1-4H3,(H,29,31)/t22-/m1/s1. The van der Waals surface area contributed by atoms with Crippen molar-refractivity contribution in [2.75, 3.05) is 16.8 Å². The highest BCUT2D eigenvalue weighted by Crippen LogP contribution is 2.43. The van der Waals surface area contributed by atoms with Crippen molar-refractivity contribution in [2.24, 2.45) is 0 Å². The number of ether oxygens (including phenoxy) is 1. The second-order valence-electron chi connectivity index (χ2n) is 8.39. The number of anilines is 2. The molecule has 4 rings (SSSR count). The summed E-state index contributed by atoms with van der Waals surface area (Å²) in [6.45, 7) is 7.86. The number of rotatable bonds is 6. The summed E-state index contributed by atoms with van der Waals surface area (Å²) in [6.07, 6.45) is 0.387. The van der Waals surface area contributed by atoms with E-state index in [1.54, 1.807) is 25.1 Å². The topological polar surface area (TPSA) is 75.7 Å². The van der Waals surface area contributed by atoms with Crippen molar-refractivity contribution in [3.8, 4) is 0 Å². The van der Waals surface area contributed by atoms with Crippen LogP contribution in [0.2, 0.25) is 0 Å². The lowest BCUT2D eigenvalue weighted by atomic mass is 10.1. The van der Waals surface area contributed by atoms with E-state index >= 15 is 0 Å². The van der Waals surface area contributed by atoms with Gasteiger partial charge in [-0.2, -0.15) is 0 Å². The molecule has 0 fully saturated rings. The Labute approximate surface area is 209 Å². The lowest BCUT2D eigenvalue weighted by Gasteiger charge is -2.31. The molecule has 1 heterocycles. The van der Waals surface area contributed by atoms with Gasteiger partial charge in [-0.1, -0.05) is 36.9 Å². The average molecular weight is 489 g/mol. The summed E-state index contributed by atoms with van der Waals surface area (Å²) < 4.78 is 5.18. The fraction of sp³-hybridized carbons (Fsp3) is 0.250. The molecule has 1 N–H and O–H groups in total. The predicted molar refractivity (Wildman–Crippen MR) is 138 cm³/mol. The summed E-state index contributed by atoms with van der Waals surface area (Å²) in [4.78, 5) is 43.0. The van der Waals surface area contributed by atoms with Gasteiger partial charge in [-0.3, -0.25) is 14.5 Å². The zero-order valence-corrected chi connectivity index (χ0v) is 21.1. The largest absolute Gasteiger partial charge is 0.462 e. The van der Waals surface area contributed by atoms with Crippen molar-refractivity contribution >= 4 is 40.9 Å². The Morgan fingerprint density at radius 1 is 0.971 bits per heavy atom. The number of aryl methyl sites for hydroxylation is 2. The Morgan fingerprint density at radius 2 is 1.74 bits per heavy atom. The van der Waals surface area contributed by atoms with Gasteiger partial charge in [0, 0.05) is 15.5 Å². The van der Waals surface area contributed by atoms with Crippen molar-refractivity contribution in [3.05, 3.63) is 82.9 Å². The minimum absolute atomic E-state index is 0.245. The second-order valence-corrected chi connectivity index (χ2v) is 9.47. The fourth-order valence-corrected chi connectivity index (χ4v) is 5.11. The molecule has 3 aromatic carbocycles. The zero-order chi connectivity index (χ0) is 25.1. The highest BCUT2D eigenvalue weighted by molar-refractivity contribution is 7.99. The van der Waals surface area contributed by atoms with Crippen LogP contribution in [0.4, 0.5) is 11.4 Å². The Bertz CT molecular complexity index is 1300. The van der Waals surface area contributed by atoms with E-state index in [4.69, 9.17) is 4.74 Å². The molecule has 6 nitrogen and oxygen atoms in total. The molecule has 0 unspecified atom stereocenters. The first-order chi connectivity index (χ1) is 16.8. The number of fused-ring (bicyclic) bond motifs is 2. The van der Waals surface area contributed by atoms with E-state index in [1.165, 1.54) is 16.7 Å². The molecule has 2 amide bonds. The molecular weight excluding hydrogens is 460 g/mol. The number of nitrogens with one attached hydrogen (secondary N) is 1. The maximum absolute atomic E-state index is 13.9. The first-order valence-electron chi connectivity index (χ1n) is 11.6.